The van der Waals surface area contributed by atoms with Crippen LogP contribution in [0.3, 0.4) is 0 Å². The molecular formula is C11H11Br2NO4. The molecule has 1 aliphatic carbocycles. The van der Waals surface area contributed by atoms with E-state index in [9.17, 15) is 4.79 Å². The lowest BCUT2D eigenvalue weighted by atomic mass is 10.1. The van der Waals surface area contributed by atoms with Crippen LogP contribution in [0.5, 0.6) is 0 Å². The van der Waals surface area contributed by atoms with E-state index in [0.29, 0.717) is 5.69 Å². The van der Waals surface area contributed by atoms with Crippen molar-refractivity contribution >= 4 is 49.5 Å². The predicted octanol–water partition coefficient (Wildman–Crippen LogP) is 3.61. The highest BCUT2D eigenvalue weighted by Crippen LogP contribution is 2.36. The van der Waals surface area contributed by atoms with Crippen molar-refractivity contribution < 1.29 is 19.8 Å². The summed E-state index contributed by atoms with van der Waals surface area (Å²) < 4.78 is 1.55. The summed E-state index contributed by atoms with van der Waals surface area (Å²) in [5, 5.41) is 13.9. The van der Waals surface area contributed by atoms with Crippen molar-refractivity contribution in [3.05, 3.63) is 26.6 Å². The topological polar surface area (TPSA) is 101 Å². The van der Waals surface area contributed by atoms with Gasteiger partial charge in [-0.05, 0) is 56.8 Å². The van der Waals surface area contributed by atoms with Gasteiger partial charge in [-0.1, -0.05) is 0 Å². The van der Waals surface area contributed by atoms with Gasteiger partial charge in [0.2, 0.25) is 0 Å². The molecule has 7 heteroatoms. The molecule has 0 aliphatic heterocycles. The average Bonchev–Trinajstić information content (AvgIpc) is 3.07. The van der Waals surface area contributed by atoms with E-state index in [0.717, 1.165) is 27.4 Å². The lowest BCUT2D eigenvalue weighted by molar-refractivity contribution is 0.0967. The number of hydrogen-bond donors (Lipinski definition) is 3. The van der Waals surface area contributed by atoms with Gasteiger partial charge < -0.3 is 15.9 Å². The first-order valence-corrected chi connectivity index (χ1v) is 6.62. The van der Waals surface area contributed by atoms with Crippen molar-refractivity contribution in [2.45, 2.75) is 12.8 Å². The molecule has 0 aromatic heterocycles. The van der Waals surface area contributed by atoms with Gasteiger partial charge in [-0.15, -0.1) is 0 Å². The van der Waals surface area contributed by atoms with Gasteiger partial charge >= 0.3 is 6.16 Å². The Morgan fingerprint density at radius 1 is 1.17 bits per heavy atom. The Morgan fingerprint density at radius 2 is 1.56 bits per heavy atom. The maximum absolute atomic E-state index is 11.7. The van der Waals surface area contributed by atoms with Crippen LogP contribution in [0.4, 0.5) is 10.5 Å². The molecule has 0 saturated heterocycles. The Morgan fingerprint density at radius 3 is 1.89 bits per heavy atom. The average molecular weight is 381 g/mol. The smallest absolute Gasteiger partial charge is 0.450 e. The molecule has 1 aromatic carbocycles. The summed E-state index contributed by atoms with van der Waals surface area (Å²) in [7, 11) is 0. The number of ketones is 1. The third-order valence-electron chi connectivity index (χ3n) is 2.31. The molecule has 4 N–H and O–H groups in total. The molecular weight excluding hydrogens is 370 g/mol. The highest BCUT2D eigenvalue weighted by molar-refractivity contribution is 9.11. The number of nitrogen functional groups attached to an aromatic ring is 1. The number of nitrogens with two attached hydrogens (primary N) is 1. The van der Waals surface area contributed by atoms with Crippen molar-refractivity contribution in [2.75, 3.05) is 5.73 Å². The van der Waals surface area contributed by atoms with Gasteiger partial charge in [-0.2, -0.15) is 0 Å². The zero-order valence-electron chi connectivity index (χ0n) is 9.19. The van der Waals surface area contributed by atoms with Gasteiger partial charge in [0.05, 0.1) is 5.69 Å². The molecule has 2 rings (SSSR count). The maximum Gasteiger partial charge on any atom is 0.503 e. The van der Waals surface area contributed by atoms with Gasteiger partial charge in [0.1, 0.15) is 0 Å². The summed E-state index contributed by atoms with van der Waals surface area (Å²) in [6.45, 7) is 0. The number of carbonyl (C=O) groups is 2. The van der Waals surface area contributed by atoms with Gasteiger partial charge in [0, 0.05) is 20.4 Å². The molecule has 0 heterocycles. The molecule has 0 radical (unpaired) electrons. The van der Waals surface area contributed by atoms with E-state index >= 15 is 0 Å². The molecule has 1 saturated carbocycles. The van der Waals surface area contributed by atoms with Crippen molar-refractivity contribution in [3.63, 3.8) is 0 Å². The molecule has 0 bridgehead atoms. The van der Waals surface area contributed by atoms with Crippen molar-refractivity contribution in [3.8, 4) is 0 Å². The number of benzene rings is 1. The van der Waals surface area contributed by atoms with Crippen LogP contribution in [0.25, 0.3) is 0 Å². The second-order valence-electron chi connectivity index (χ2n) is 3.77. The number of hydrogen-bond acceptors (Lipinski definition) is 3. The number of carbonyl (C=O) groups excluding carboxylic acids is 1. The Labute approximate surface area is 120 Å². The third kappa shape index (κ3) is 4.30. The van der Waals surface area contributed by atoms with Gasteiger partial charge in [-0.3, -0.25) is 4.79 Å². The van der Waals surface area contributed by atoms with E-state index in [-0.39, 0.29) is 11.7 Å². The van der Waals surface area contributed by atoms with Crippen LogP contribution >= 0.6 is 31.9 Å². The third-order valence-corrected chi connectivity index (χ3v) is 3.62. The molecule has 0 spiro atoms. The molecule has 0 amide bonds. The maximum atomic E-state index is 11.7. The summed E-state index contributed by atoms with van der Waals surface area (Å²) in [4.78, 5) is 20.3. The second kappa shape index (κ2) is 6.19. The molecule has 98 valence electrons. The van der Waals surface area contributed by atoms with Crippen LogP contribution in [0.15, 0.2) is 21.1 Å². The minimum atomic E-state index is -1.83. The standard InChI is InChI=1S/C10H9Br2NO.CH2O3/c11-7-3-6(4-8(12)9(7)13)10(14)5-1-2-5;2-1(3)4/h3-5H,1-2,13H2;(H2,2,3,4). The van der Waals surface area contributed by atoms with Crippen LogP contribution in [0.2, 0.25) is 0 Å². The minimum absolute atomic E-state index is 0.228. The number of Topliss-reactive ketones (excluding diaryl/α,β-unsaturated/α-hetero) is 1. The number of rotatable bonds is 2. The monoisotopic (exact) mass is 379 g/mol. The zero-order chi connectivity index (χ0) is 13.9. The van der Waals surface area contributed by atoms with E-state index < -0.39 is 6.16 Å². The van der Waals surface area contributed by atoms with Crippen molar-refractivity contribution in [1.29, 1.82) is 0 Å². The fourth-order valence-electron chi connectivity index (χ4n) is 1.31. The molecule has 1 aromatic rings. The fraction of sp³-hybridized carbons (Fsp3) is 0.273. The van der Waals surface area contributed by atoms with Crippen LogP contribution in [-0.4, -0.2) is 22.2 Å². The Kier molecular flexibility index (Phi) is 5.15. The lowest BCUT2D eigenvalue weighted by Crippen LogP contribution is -2.02. The normalized spacial score (nSPS) is 13.4. The largest absolute Gasteiger partial charge is 0.503 e. The van der Waals surface area contributed by atoms with Crippen LogP contribution in [-0.2, 0) is 0 Å². The molecule has 0 unspecified atom stereocenters. The van der Waals surface area contributed by atoms with Crippen LogP contribution in [0, 0.1) is 5.92 Å². The summed E-state index contributed by atoms with van der Waals surface area (Å²) >= 11 is 6.65. The number of carboxylic acid groups (broad SMARTS) is 2. The number of halogens is 2. The SMILES string of the molecule is Nc1c(Br)cc(C(=O)C2CC2)cc1Br.O=C(O)O. The van der Waals surface area contributed by atoms with E-state index in [1.54, 1.807) is 12.1 Å². The van der Waals surface area contributed by atoms with E-state index in [1.165, 1.54) is 0 Å². The van der Waals surface area contributed by atoms with Crippen LogP contribution < -0.4 is 5.73 Å². The Balaban J connectivity index is 0.000000357. The lowest BCUT2D eigenvalue weighted by Gasteiger charge is -2.05. The summed E-state index contributed by atoms with van der Waals surface area (Å²) in [6.07, 6.45) is 0.219. The molecule has 1 fully saturated rings. The fourth-order valence-corrected chi connectivity index (χ4v) is 2.49. The first kappa shape index (κ1) is 15.0. The Bertz CT molecular complexity index is 459. The van der Waals surface area contributed by atoms with Crippen molar-refractivity contribution in [1.82, 2.24) is 0 Å². The quantitative estimate of drug-likeness (QED) is 0.537. The van der Waals surface area contributed by atoms with Gasteiger partial charge in [-0.25, -0.2) is 4.79 Å². The first-order chi connectivity index (χ1) is 8.32. The first-order valence-electron chi connectivity index (χ1n) is 5.03. The van der Waals surface area contributed by atoms with Crippen LogP contribution in [0.1, 0.15) is 23.2 Å². The molecule has 18 heavy (non-hydrogen) atoms. The van der Waals surface area contributed by atoms with E-state index in [2.05, 4.69) is 31.9 Å². The Hall–Kier alpha value is -1.08. The highest BCUT2D eigenvalue weighted by Gasteiger charge is 2.30. The molecule has 1 aliphatic rings. The summed E-state index contributed by atoms with van der Waals surface area (Å²) in [6, 6.07) is 3.58. The summed E-state index contributed by atoms with van der Waals surface area (Å²) in [5.41, 5.74) is 7.11. The number of anilines is 1. The minimum Gasteiger partial charge on any atom is -0.450 e. The summed E-state index contributed by atoms with van der Waals surface area (Å²) in [5.74, 6) is 0.476. The molecule has 0 atom stereocenters. The van der Waals surface area contributed by atoms with Gasteiger partial charge in [0.15, 0.2) is 5.78 Å². The van der Waals surface area contributed by atoms with E-state index in [1.807, 2.05) is 0 Å². The zero-order valence-corrected chi connectivity index (χ0v) is 12.4. The van der Waals surface area contributed by atoms with Gasteiger partial charge in [0.25, 0.3) is 0 Å². The second-order valence-corrected chi connectivity index (χ2v) is 5.48. The molecule has 5 nitrogen and oxygen atoms in total. The highest BCUT2D eigenvalue weighted by atomic mass is 79.9. The predicted molar refractivity (Wildman–Crippen MR) is 74.0 cm³/mol. The van der Waals surface area contributed by atoms with E-state index in [4.69, 9.17) is 20.7 Å². The van der Waals surface area contributed by atoms with Crippen molar-refractivity contribution in [2.24, 2.45) is 5.92 Å².